The van der Waals surface area contributed by atoms with E-state index < -0.39 is 11.9 Å². The van der Waals surface area contributed by atoms with Crippen molar-refractivity contribution in [2.45, 2.75) is 64.2 Å². The van der Waals surface area contributed by atoms with Gasteiger partial charge in [0.05, 0.1) is 22.7 Å². The van der Waals surface area contributed by atoms with E-state index in [1.165, 1.54) is 25.7 Å². The van der Waals surface area contributed by atoms with Crippen molar-refractivity contribution in [1.82, 2.24) is 4.90 Å². The number of nitrogens with zero attached hydrogens (tertiary/aromatic N) is 1. The van der Waals surface area contributed by atoms with E-state index in [2.05, 4.69) is 5.32 Å². The number of anilines is 1. The first kappa shape index (κ1) is 27.2. The van der Waals surface area contributed by atoms with Gasteiger partial charge in [0.2, 0.25) is 5.91 Å². The van der Waals surface area contributed by atoms with Gasteiger partial charge in [-0.1, -0.05) is 66.9 Å². The lowest BCUT2D eigenvalue weighted by molar-refractivity contribution is -0.137. The summed E-state index contributed by atoms with van der Waals surface area (Å²) in [6.45, 7) is 3.29. The molecule has 5 rings (SSSR count). The van der Waals surface area contributed by atoms with Crippen LogP contribution in [0.4, 0.5) is 5.69 Å². The molecule has 1 aliphatic carbocycles. The van der Waals surface area contributed by atoms with Crippen LogP contribution in [-0.4, -0.2) is 40.9 Å². The van der Waals surface area contributed by atoms with Crippen LogP contribution >= 0.6 is 11.6 Å². The smallest absolute Gasteiger partial charge is 0.303 e. The summed E-state index contributed by atoms with van der Waals surface area (Å²) in [5.41, 5.74) is 2.72. The van der Waals surface area contributed by atoms with Gasteiger partial charge in [-0.05, 0) is 72.1 Å². The standard InChI is InChI=1S/C32H35ClN2O4/c1-21-17-26(31(39)35-15-13-32(14-16-35)11-4-5-12-32)30(27(33)18-21)34-28(36)19-23(20-29(37)38)25-10-6-8-22-7-2-3-9-24(22)25/h2-3,6-10,17-18,23H,4-5,11-16,19-20H2,1H3,(H,34,36)(H,37,38)/t23-/m0/s1. The molecule has 39 heavy (non-hydrogen) atoms. The van der Waals surface area contributed by atoms with E-state index in [0.717, 1.165) is 34.7 Å². The van der Waals surface area contributed by atoms with E-state index in [1.807, 2.05) is 54.3 Å². The number of hydrogen-bond donors (Lipinski definition) is 2. The van der Waals surface area contributed by atoms with Gasteiger partial charge in [0.1, 0.15) is 0 Å². The summed E-state index contributed by atoms with van der Waals surface area (Å²) >= 11 is 6.60. The fraction of sp³-hybridized carbons (Fsp3) is 0.406. The van der Waals surface area contributed by atoms with E-state index in [9.17, 15) is 19.5 Å². The number of carbonyl (C=O) groups is 3. The van der Waals surface area contributed by atoms with Gasteiger partial charge in [-0.2, -0.15) is 0 Å². The van der Waals surface area contributed by atoms with Crippen LogP contribution in [0.15, 0.2) is 54.6 Å². The molecule has 2 aliphatic rings. The van der Waals surface area contributed by atoms with Crippen LogP contribution in [0, 0.1) is 12.3 Å². The molecule has 2 N–H and O–H groups in total. The summed E-state index contributed by atoms with van der Waals surface area (Å²) in [5, 5.41) is 14.7. The lowest BCUT2D eigenvalue weighted by atomic mass is 9.77. The zero-order chi connectivity index (χ0) is 27.6. The number of hydrogen-bond acceptors (Lipinski definition) is 3. The summed E-state index contributed by atoms with van der Waals surface area (Å²) in [6.07, 6.45) is 6.85. The highest BCUT2D eigenvalue weighted by atomic mass is 35.5. The number of fused-ring (bicyclic) bond motifs is 1. The molecule has 0 unspecified atom stereocenters. The number of carboxylic acids is 1. The van der Waals surface area contributed by atoms with Crippen molar-refractivity contribution in [1.29, 1.82) is 0 Å². The van der Waals surface area contributed by atoms with E-state index in [1.54, 1.807) is 12.1 Å². The average molecular weight is 547 g/mol. The van der Waals surface area contributed by atoms with Crippen LogP contribution < -0.4 is 5.32 Å². The summed E-state index contributed by atoms with van der Waals surface area (Å²) in [6, 6.07) is 17.0. The topological polar surface area (TPSA) is 86.7 Å². The van der Waals surface area contributed by atoms with E-state index in [-0.39, 0.29) is 24.7 Å². The molecule has 1 atom stereocenters. The summed E-state index contributed by atoms with van der Waals surface area (Å²) in [5.74, 6) is -2.02. The van der Waals surface area contributed by atoms with Gasteiger partial charge in [0.25, 0.3) is 5.91 Å². The molecule has 1 aliphatic heterocycles. The van der Waals surface area contributed by atoms with Gasteiger partial charge in [-0.3, -0.25) is 14.4 Å². The molecule has 2 amide bonds. The number of amides is 2. The average Bonchev–Trinajstić information content (AvgIpc) is 3.37. The molecule has 3 aromatic rings. The van der Waals surface area contributed by atoms with Crippen molar-refractivity contribution in [2.75, 3.05) is 18.4 Å². The maximum atomic E-state index is 13.7. The van der Waals surface area contributed by atoms with Crippen molar-refractivity contribution in [3.63, 3.8) is 0 Å². The van der Waals surface area contributed by atoms with Gasteiger partial charge in [0.15, 0.2) is 0 Å². The van der Waals surface area contributed by atoms with Crippen LogP contribution in [0.2, 0.25) is 5.02 Å². The molecule has 0 radical (unpaired) electrons. The first-order chi connectivity index (χ1) is 18.7. The lowest BCUT2D eigenvalue weighted by Gasteiger charge is -2.39. The van der Waals surface area contributed by atoms with E-state index >= 15 is 0 Å². The lowest BCUT2D eigenvalue weighted by Crippen LogP contribution is -2.42. The highest BCUT2D eigenvalue weighted by Gasteiger charge is 2.38. The van der Waals surface area contributed by atoms with Crippen molar-refractivity contribution in [2.24, 2.45) is 5.41 Å². The third kappa shape index (κ3) is 5.96. The second kappa shape index (κ2) is 11.4. The largest absolute Gasteiger partial charge is 0.481 e. The number of nitrogens with one attached hydrogen (secondary N) is 1. The Morgan fingerprint density at radius 1 is 0.974 bits per heavy atom. The third-order valence-electron chi connectivity index (χ3n) is 8.62. The zero-order valence-electron chi connectivity index (χ0n) is 22.3. The fourth-order valence-electron chi connectivity index (χ4n) is 6.54. The van der Waals surface area contributed by atoms with E-state index in [0.29, 0.717) is 34.8 Å². The second-order valence-corrected chi connectivity index (χ2v) is 11.7. The molecule has 6 nitrogen and oxygen atoms in total. The van der Waals surface area contributed by atoms with Gasteiger partial charge < -0.3 is 15.3 Å². The Balaban J connectivity index is 1.37. The van der Waals surface area contributed by atoms with Crippen LogP contribution in [0.3, 0.4) is 0 Å². The molecule has 1 heterocycles. The normalized spacial score (nSPS) is 17.3. The Morgan fingerprint density at radius 3 is 2.38 bits per heavy atom. The van der Waals surface area contributed by atoms with Crippen molar-refractivity contribution >= 4 is 45.8 Å². The highest BCUT2D eigenvalue weighted by molar-refractivity contribution is 6.34. The maximum Gasteiger partial charge on any atom is 0.303 e. The Hall–Kier alpha value is -3.38. The van der Waals surface area contributed by atoms with Gasteiger partial charge >= 0.3 is 5.97 Å². The summed E-state index contributed by atoms with van der Waals surface area (Å²) < 4.78 is 0. The van der Waals surface area contributed by atoms with Crippen molar-refractivity contribution in [3.05, 3.63) is 76.3 Å². The summed E-state index contributed by atoms with van der Waals surface area (Å²) in [7, 11) is 0. The Morgan fingerprint density at radius 2 is 1.67 bits per heavy atom. The molecule has 0 bridgehead atoms. The zero-order valence-corrected chi connectivity index (χ0v) is 23.1. The van der Waals surface area contributed by atoms with Crippen molar-refractivity contribution < 1.29 is 19.5 Å². The number of aryl methyl sites for hydroxylation is 1. The minimum absolute atomic E-state index is 0.0512. The maximum absolute atomic E-state index is 13.7. The molecule has 204 valence electrons. The highest BCUT2D eigenvalue weighted by Crippen LogP contribution is 2.46. The van der Waals surface area contributed by atoms with Gasteiger partial charge in [0, 0.05) is 25.4 Å². The quantitative estimate of drug-likeness (QED) is 0.328. The molecular weight excluding hydrogens is 512 g/mol. The minimum Gasteiger partial charge on any atom is -0.481 e. The minimum atomic E-state index is -0.977. The predicted octanol–water partition coefficient (Wildman–Crippen LogP) is 7.19. The van der Waals surface area contributed by atoms with Crippen LogP contribution in [0.25, 0.3) is 10.8 Å². The number of halogens is 1. The first-order valence-electron chi connectivity index (χ1n) is 13.8. The number of rotatable bonds is 7. The monoisotopic (exact) mass is 546 g/mol. The van der Waals surface area contributed by atoms with Crippen molar-refractivity contribution in [3.8, 4) is 0 Å². The molecule has 1 saturated carbocycles. The SMILES string of the molecule is Cc1cc(Cl)c(NC(=O)C[C@@H](CC(=O)O)c2cccc3ccccc23)c(C(=O)N2CCC3(CCCC3)CC2)c1. The molecule has 1 spiro atoms. The molecule has 7 heteroatoms. The van der Waals surface area contributed by atoms with Gasteiger partial charge in [-0.25, -0.2) is 0 Å². The number of carbonyl (C=O) groups excluding carboxylic acids is 2. The Bertz CT molecular complexity index is 1400. The number of carboxylic acid groups (broad SMARTS) is 1. The molecule has 1 saturated heterocycles. The number of piperidine rings is 1. The predicted molar refractivity (Wildman–Crippen MR) is 154 cm³/mol. The summed E-state index contributed by atoms with van der Waals surface area (Å²) in [4.78, 5) is 40.7. The number of likely N-dealkylation sites (tertiary alicyclic amines) is 1. The number of aliphatic carboxylic acids is 1. The molecule has 2 fully saturated rings. The molecule has 0 aromatic heterocycles. The second-order valence-electron chi connectivity index (χ2n) is 11.3. The third-order valence-corrected chi connectivity index (χ3v) is 8.92. The van der Waals surface area contributed by atoms with E-state index in [4.69, 9.17) is 11.6 Å². The fourth-order valence-corrected chi connectivity index (χ4v) is 6.86. The Labute approximate surface area is 234 Å². The van der Waals surface area contributed by atoms with Crippen LogP contribution in [0.1, 0.15) is 78.8 Å². The van der Waals surface area contributed by atoms with Crippen LogP contribution in [-0.2, 0) is 9.59 Å². The van der Waals surface area contributed by atoms with Crippen LogP contribution in [0.5, 0.6) is 0 Å². The number of benzene rings is 3. The molecule has 3 aromatic carbocycles. The van der Waals surface area contributed by atoms with Gasteiger partial charge in [-0.15, -0.1) is 0 Å². The Kier molecular flexibility index (Phi) is 7.94. The molecular formula is C32H35ClN2O4. The first-order valence-corrected chi connectivity index (χ1v) is 14.2.